The largest absolute Gasteiger partial charge is 0.315 e. The molecule has 1 N–H and O–H groups in total. The lowest BCUT2D eigenvalue weighted by atomic mass is 10.00. The van der Waals surface area contributed by atoms with E-state index in [1.165, 1.54) is 32.4 Å². The summed E-state index contributed by atoms with van der Waals surface area (Å²) in [5.41, 5.74) is 0. The van der Waals surface area contributed by atoms with Gasteiger partial charge >= 0.3 is 0 Å². The molecule has 16 heavy (non-hydrogen) atoms. The average molecular weight is 227 g/mol. The molecule has 0 aromatic heterocycles. The molecule has 0 aliphatic carbocycles. The van der Waals surface area contributed by atoms with Crippen LogP contribution in [0.25, 0.3) is 0 Å². The minimum atomic E-state index is 0.609. The van der Waals surface area contributed by atoms with E-state index in [-0.39, 0.29) is 0 Å². The summed E-state index contributed by atoms with van der Waals surface area (Å²) in [5.74, 6) is 0. The van der Waals surface area contributed by atoms with Crippen LogP contribution in [0.2, 0.25) is 0 Å². The monoisotopic (exact) mass is 227 g/mol. The third kappa shape index (κ3) is 3.44. The molecule has 96 valence electrons. The van der Waals surface area contributed by atoms with E-state index in [4.69, 9.17) is 0 Å². The fraction of sp³-hybridized carbons (Fsp3) is 1.00. The maximum atomic E-state index is 3.43. The van der Waals surface area contributed by atoms with Crippen LogP contribution in [0, 0.1) is 0 Å². The highest BCUT2D eigenvalue weighted by Gasteiger charge is 2.27. The number of likely N-dealkylation sites (N-methyl/N-ethyl adjacent to an activating group) is 3. The summed E-state index contributed by atoms with van der Waals surface area (Å²) in [4.78, 5) is 5.03. The van der Waals surface area contributed by atoms with Crippen molar-refractivity contribution in [1.29, 1.82) is 0 Å². The third-order valence-corrected chi connectivity index (χ3v) is 4.21. The van der Waals surface area contributed by atoms with E-state index in [2.05, 4.69) is 50.1 Å². The lowest BCUT2D eigenvalue weighted by Gasteiger charge is -2.41. The van der Waals surface area contributed by atoms with Gasteiger partial charge in [0, 0.05) is 24.7 Å². The van der Waals surface area contributed by atoms with Gasteiger partial charge in [-0.15, -0.1) is 0 Å². The first kappa shape index (κ1) is 13.9. The number of hydrogen-bond acceptors (Lipinski definition) is 3. The molecule has 3 nitrogen and oxygen atoms in total. The van der Waals surface area contributed by atoms with Gasteiger partial charge < -0.3 is 10.2 Å². The molecule has 1 aliphatic rings. The van der Waals surface area contributed by atoms with Crippen LogP contribution >= 0.6 is 0 Å². The van der Waals surface area contributed by atoms with Gasteiger partial charge in [-0.25, -0.2) is 0 Å². The van der Waals surface area contributed by atoms with Gasteiger partial charge in [0.2, 0.25) is 0 Å². The van der Waals surface area contributed by atoms with Crippen LogP contribution in [-0.4, -0.2) is 62.2 Å². The van der Waals surface area contributed by atoms with Crippen molar-refractivity contribution in [2.24, 2.45) is 0 Å². The van der Waals surface area contributed by atoms with E-state index >= 15 is 0 Å². The van der Waals surface area contributed by atoms with Crippen molar-refractivity contribution < 1.29 is 0 Å². The average Bonchev–Trinajstić information content (AvgIpc) is 2.29. The topological polar surface area (TPSA) is 18.5 Å². The maximum Gasteiger partial charge on any atom is 0.0223 e. The van der Waals surface area contributed by atoms with Crippen LogP contribution < -0.4 is 5.32 Å². The normalized spacial score (nSPS) is 27.0. The number of rotatable bonds is 5. The smallest absolute Gasteiger partial charge is 0.0223 e. The molecule has 1 saturated heterocycles. The van der Waals surface area contributed by atoms with E-state index < -0.39 is 0 Å². The molecule has 3 unspecified atom stereocenters. The van der Waals surface area contributed by atoms with Crippen molar-refractivity contribution >= 4 is 0 Å². The maximum absolute atomic E-state index is 3.43. The molecule has 0 aromatic rings. The molecular formula is C13H29N3. The fourth-order valence-electron chi connectivity index (χ4n) is 2.87. The number of piperidine rings is 1. The molecule has 0 spiro atoms. The summed E-state index contributed by atoms with van der Waals surface area (Å²) in [5, 5.41) is 3.43. The summed E-state index contributed by atoms with van der Waals surface area (Å²) in [6.45, 7) is 7.10. The molecule has 0 aromatic carbocycles. The summed E-state index contributed by atoms with van der Waals surface area (Å²) in [6, 6.07) is 1.96. The minimum absolute atomic E-state index is 0.609. The summed E-state index contributed by atoms with van der Waals surface area (Å²) in [7, 11) is 6.60. The molecule has 0 bridgehead atoms. The highest BCUT2D eigenvalue weighted by Crippen LogP contribution is 2.17. The van der Waals surface area contributed by atoms with Crippen molar-refractivity contribution in [3.63, 3.8) is 0 Å². The molecule has 1 rings (SSSR count). The van der Waals surface area contributed by atoms with E-state index in [1.807, 2.05) is 0 Å². The molecule has 1 fully saturated rings. The standard InChI is InChI=1S/C13H29N3/c1-6-13(14-3)11(2)16(5)12-8-7-9-15(4)10-12/h11-14H,6-10H2,1-5H3. The Bertz CT molecular complexity index is 190. The van der Waals surface area contributed by atoms with Gasteiger partial charge in [0.05, 0.1) is 0 Å². The molecule has 0 radical (unpaired) electrons. The van der Waals surface area contributed by atoms with Crippen LogP contribution in [0.4, 0.5) is 0 Å². The first-order chi connectivity index (χ1) is 7.60. The lowest BCUT2D eigenvalue weighted by molar-refractivity contribution is 0.0886. The van der Waals surface area contributed by atoms with Crippen LogP contribution in [0.3, 0.4) is 0 Å². The van der Waals surface area contributed by atoms with Crippen molar-refractivity contribution in [2.45, 2.75) is 51.2 Å². The second-order valence-electron chi connectivity index (χ2n) is 5.27. The highest BCUT2D eigenvalue weighted by atomic mass is 15.2. The van der Waals surface area contributed by atoms with Gasteiger partial charge in [0.15, 0.2) is 0 Å². The fourth-order valence-corrected chi connectivity index (χ4v) is 2.87. The van der Waals surface area contributed by atoms with Crippen molar-refractivity contribution in [3.8, 4) is 0 Å². The van der Waals surface area contributed by atoms with E-state index in [9.17, 15) is 0 Å². The summed E-state index contributed by atoms with van der Waals surface area (Å²) < 4.78 is 0. The van der Waals surface area contributed by atoms with Gasteiger partial charge in [-0.1, -0.05) is 6.92 Å². The zero-order valence-corrected chi connectivity index (χ0v) is 11.7. The highest BCUT2D eigenvalue weighted by molar-refractivity contribution is 4.85. The molecule has 1 aliphatic heterocycles. The van der Waals surface area contributed by atoms with Gasteiger partial charge in [-0.3, -0.25) is 4.90 Å². The Morgan fingerprint density at radius 1 is 1.50 bits per heavy atom. The predicted molar refractivity (Wildman–Crippen MR) is 70.9 cm³/mol. The van der Waals surface area contributed by atoms with Gasteiger partial charge in [-0.05, 0) is 53.9 Å². The molecular weight excluding hydrogens is 198 g/mol. The van der Waals surface area contributed by atoms with E-state index in [0.717, 1.165) is 6.04 Å². The molecule has 0 amide bonds. The Hall–Kier alpha value is -0.120. The van der Waals surface area contributed by atoms with E-state index in [1.54, 1.807) is 0 Å². The lowest BCUT2D eigenvalue weighted by Crippen LogP contribution is -2.53. The SMILES string of the molecule is CCC(NC)C(C)N(C)C1CCCN(C)C1. The van der Waals surface area contributed by atoms with Gasteiger partial charge in [-0.2, -0.15) is 0 Å². The van der Waals surface area contributed by atoms with Crippen LogP contribution in [0.15, 0.2) is 0 Å². The Morgan fingerprint density at radius 2 is 2.19 bits per heavy atom. The zero-order valence-electron chi connectivity index (χ0n) is 11.7. The second kappa shape index (κ2) is 6.58. The van der Waals surface area contributed by atoms with Gasteiger partial charge in [0.25, 0.3) is 0 Å². The first-order valence-corrected chi connectivity index (χ1v) is 6.67. The van der Waals surface area contributed by atoms with Crippen LogP contribution in [-0.2, 0) is 0 Å². The Kier molecular flexibility index (Phi) is 5.73. The number of likely N-dealkylation sites (tertiary alicyclic amines) is 1. The Morgan fingerprint density at radius 3 is 2.69 bits per heavy atom. The van der Waals surface area contributed by atoms with Crippen LogP contribution in [0.5, 0.6) is 0 Å². The van der Waals surface area contributed by atoms with Crippen molar-refractivity contribution in [1.82, 2.24) is 15.1 Å². The van der Waals surface area contributed by atoms with Gasteiger partial charge in [0.1, 0.15) is 0 Å². The predicted octanol–water partition coefficient (Wildman–Crippen LogP) is 1.40. The van der Waals surface area contributed by atoms with Crippen molar-refractivity contribution in [3.05, 3.63) is 0 Å². The Balaban J connectivity index is 2.51. The second-order valence-corrected chi connectivity index (χ2v) is 5.27. The molecule has 1 heterocycles. The van der Waals surface area contributed by atoms with E-state index in [0.29, 0.717) is 12.1 Å². The molecule has 3 atom stereocenters. The Labute approximate surface area is 101 Å². The number of hydrogen-bond donors (Lipinski definition) is 1. The summed E-state index contributed by atoms with van der Waals surface area (Å²) >= 11 is 0. The third-order valence-electron chi connectivity index (χ3n) is 4.21. The first-order valence-electron chi connectivity index (χ1n) is 6.67. The number of nitrogens with one attached hydrogen (secondary N) is 1. The molecule has 3 heteroatoms. The van der Waals surface area contributed by atoms with Crippen LogP contribution in [0.1, 0.15) is 33.1 Å². The van der Waals surface area contributed by atoms with Crippen molar-refractivity contribution in [2.75, 3.05) is 34.2 Å². The molecule has 0 saturated carbocycles. The zero-order chi connectivity index (χ0) is 12.1. The number of nitrogens with zero attached hydrogens (tertiary/aromatic N) is 2. The quantitative estimate of drug-likeness (QED) is 0.766. The summed E-state index contributed by atoms with van der Waals surface area (Å²) in [6.07, 6.45) is 3.89. The minimum Gasteiger partial charge on any atom is -0.315 e.